The summed E-state index contributed by atoms with van der Waals surface area (Å²) in [7, 11) is 0. The maximum atomic E-state index is 4.52. The van der Waals surface area contributed by atoms with Crippen LogP contribution in [0.3, 0.4) is 0 Å². The predicted molar refractivity (Wildman–Crippen MR) is 91.4 cm³/mol. The predicted octanol–water partition coefficient (Wildman–Crippen LogP) is 3.07. The number of H-pyrrole nitrogens is 1. The lowest BCUT2D eigenvalue weighted by Crippen LogP contribution is -2.40. The molecule has 4 heterocycles. The maximum absolute atomic E-state index is 4.52. The van der Waals surface area contributed by atoms with Crippen LogP contribution in [-0.2, 0) is 19.5 Å². The minimum Gasteiger partial charge on any atom is -0.364 e. The number of aromatic amines is 1. The first-order valence-electron chi connectivity index (χ1n) is 8.23. The molecule has 0 aliphatic carbocycles. The number of aromatic nitrogens is 2. The molecule has 0 amide bonds. The van der Waals surface area contributed by atoms with Gasteiger partial charge in [-0.05, 0) is 36.3 Å². The molecule has 0 radical (unpaired) electrons. The summed E-state index contributed by atoms with van der Waals surface area (Å²) in [4.78, 5) is 12.8. The Bertz CT molecular complexity index is 742. The number of hydrogen-bond donors (Lipinski definition) is 1. The molecule has 118 valence electrons. The zero-order valence-electron chi connectivity index (χ0n) is 13.5. The number of nitrogens with one attached hydrogen (secondary N) is 1. The van der Waals surface area contributed by atoms with Gasteiger partial charge < -0.3 is 14.8 Å². The van der Waals surface area contributed by atoms with Gasteiger partial charge in [0.2, 0.25) is 0 Å². The molecule has 2 aliphatic rings. The standard InChI is InChI=1S/C19H22N4/c1-15-5-4-11-22(14-17-7-3-9-20-17)19(15)23-12-8-18-16(13-23)6-2-10-21-18/h2-7,9-10,20H,8,11-14H2,1H3. The molecule has 4 nitrogen and oxygen atoms in total. The molecule has 0 atom stereocenters. The van der Waals surface area contributed by atoms with E-state index >= 15 is 0 Å². The van der Waals surface area contributed by atoms with Crippen LogP contribution in [0.5, 0.6) is 0 Å². The van der Waals surface area contributed by atoms with Crippen molar-refractivity contribution in [2.45, 2.75) is 26.4 Å². The van der Waals surface area contributed by atoms with Gasteiger partial charge >= 0.3 is 0 Å². The molecular weight excluding hydrogens is 284 g/mol. The van der Waals surface area contributed by atoms with E-state index in [0.29, 0.717) is 0 Å². The Hall–Kier alpha value is -2.49. The third kappa shape index (κ3) is 2.77. The highest BCUT2D eigenvalue weighted by atomic mass is 15.3. The van der Waals surface area contributed by atoms with Crippen LogP contribution < -0.4 is 0 Å². The van der Waals surface area contributed by atoms with Crippen molar-refractivity contribution in [2.24, 2.45) is 0 Å². The van der Waals surface area contributed by atoms with Crippen LogP contribution in [0.25, 0.3) is 0 Å². The minimum absolute atomic E-state index is 0.917. The molecule has 0 saturated heterocycles. The van der Waals surface area contributed by atoms with Gasteiger partial charge in [0.15, 0.2) is 0 Å². The van der Waals surface area contributed by atoms with Crippen LogP contribution >= 0.6 is 0 Å². The molecule has 2 aromatic heterocycles. The van der Waals surface area contributed by atoms with E-state index in [-0.39, 0.29) is 0 Å². The molecule has 0 aromatic carbocycles. The second kappa shape index (κ2) is 5.95. The van der Waals surface area contributed by atoms with Gasteiger partial charge in [-0.25, -0.2) is 0 Å². The van der Waals surface area contributed by atoms with Gasteiger partial charge in [0.05, 0.1) is 6.54 Å². The summed E-state index contributed by atoms with van der Waals surface area (Å²) in [5.74, 6) is 1.36. The first-order valence-corrected chi connectivity index (χ1v) is 8.23. The quantitative estimate of drug-likeness (QED) is 0.946. The van der Waals surface area contributed by atoms with Crippen molar-refractivity contribution in [1.29, 1.82) is 0 Å². The van der Waals surface area contributed by atoms with Crippen molar-refractivity contribution in [3.05, 3.63) is 77.2 Å². The number of fused-ring (bicyclic) bond motifs is 1. The number of pyridine rings is 1. The molecular formula is C19H22N4. The lowest BCUT2D eigenvalue weighted by molar-refractivity contribution is 0.195. The number of nitrogens with zero attached hydrogens (tertiary/aromatic N) is 3. The van der Waals surface area contributed by atoms with Crippen molar-refractivity contribution < 1.29 is 0 Å². The fraction of sp³-hybridized carbons (Fsp3) is 0.316. The van der Waals surface area contributed by atoms with Crippen molar-refractivity contribution in [1.82, 2.24) is 19.8 Å². The number of rotatable bonds is 3. The van der Waals surface area contributed by atoms with Gasteiger partial charge in [0.25, 0.3) is 0 Å². The first kappa shape index (κ1) is 14.1. The summed E-state index contributed by atoms with van der Waals surface area (Å²) in [6, 6.07) is 8.47. The highest BCUT2D eigenvalue weighted by molar-refractivity contribution is 5.30. The largest absolute Gasteiger partial charge is 0.364 e. The highest BCUT2D eigenvalue weighted by Crippen LogP contribution is 2.27. The second-order valence-electron chi connectivity index (χ2n) is 6.27. The van der Waals surface area contributed by atoms with E-state index < -0.39 is 0 Å². The minimum atomic E-state index is 0.917. The molecule has 0 spiro atoms. The van der Waals surface area contributed by atoms with E-state index in [0.717, 1.165) is 32.6 Å². The van der Waals surface area contributed by atoms with E-state index in [1.807, 2.05) is 18.5 Å². The SMILES string of the molecule is CC1=C(N2CCc3ncccc3C2)N(Cc2ccc[nH]2)CC=C1. The molecule has 2 aromatic rings. The monoisotopic (exact) mass is 306 g/mol. The van der Waals surface area contributed by atoms with Crippen molar-refractivity contribution in [3.8, 4) is 0 Å². The van der Waals surface area contributed by atoms with Crippen LogP contribution in [0.15, 0.2) is 60.2 Å². The lowest BCUT2D eigenvalue weighted by Gasteiger charge is -2.40. The number of allylic oxidation sites excluding steroid dienone is 2. The zero-order chi connectivity index (χ0) is 15.6. The van der Waals surface area contributed by atoms with Crippen LogP contribution in [0, 0.1) is 0 Å². The Labute approximate surface area is 137 Å². The Kier molecular flexibility index (Phi) is 3.66. The second-order valence-corrected chi connectivity index (χ2v) is 6.27. The summed E-state index contributed by atoms with van der Waals surface area (Å²) in [6.07, 6.45) is 9.42. The summed E-state index contributed by atoms with van der Waals surface area (Å²) < 4.78 is 0. The van der Waals surface area contributed by atoms with E-state index in [4.69, 9.17) is 0 Å². The van der Waals surface area contributed by atoms with E-state index in [2.05, 4.69) is 57.0 Å². The average molecular weight is 306 g/mol. The molecule has 4 heteroatoms. The smallest absolute Gasteiger partial charge is 0.108 e. The van der Waals surface area contributed by atoms with Gasteiger partial charge in [-0.15, -0.1) is 0 Å². The fourth-order valence-electron chi connectivity index (χ4n) is 3.57. The number of hydrogen-bond acceptors (Lipinski definition) is 3. The lowest BCUT2D eigenvalue weighted by atomic mass is 10.0. The van der Waals surface area contributed by atoms with Crippen molar-refractivity contribution in [3.63, 3.8) is 0 Å². The molecule has 23 heavy (non-hydrogen) atoms. The Morgan fingerprint density at radius 3 is 3.09 bits per heavy atom. The van der Waals surface area contributed by atoms with E-state index in [1.54, 1.807) is 0 Å². The Balaban J connectivity index is 1.61. The normalized spacial score (nSPS) is 17.6. The van der Waals surface area contributed by atoms with Gasteiger partial charge in [-0.2, -0.15) is 0 Å². The molecule has 0 fully saturated rings. The Morgan fingerprint density at radius 1 is 1.26 bits per heavy atom. The van der Waals surface area contributed by atoms with Crippen LogP contribution in [0.2, 0.25) is 0 Å². The molecule has 4 rings (SSSR count). The van der Waals surface area contributed by atoms with Gasteiger partial charge in [0, 0.05) is 49.8 Å². The van der Waals surface area contributed by atoms with Crippen molar-refractivity contribution in [2.75, 3.05) is 13.1 Å². The zero-order valence-corrected chi connectivity index (χ0v) is 13.5. The average Bonchev–Trinajstić information content (AvgIpc) is 3.08. The Morgan fingerprint density at radius 2 is 2.22 bits per heavy atom. The van der Waals surface area contributed by atoms with Crippen LogP contribution in [-0.4, -0.2) is 32.9 Å². The third-order valence-corrected chi connectivity index (χ3v) is 4.63. The third-order valence-electron chi connectivity index (χ3n) is 4.63. The molecule has 1 N–H and O–H groups in total. The first-order chi connectivity index (χ1) is 11.3. The fourth-order valence-corrected chi connectivity index (χ4v) is 3.57. The topological polar surface area (TPSA) is 35.2 Å². The van der Waals surface area contributed by atoms with Crippen LogP contribution in [0.4, 0.5) is 0 Å². The van der Waals surface area contributed by atoms with E-state index in [1.165, 1.54) is 28.3 Å². The van der Waals surface area contributed by atoms with Gasteiger partial charge in [0.1, 0.15) is 5.82 Å². The highest BCUT2D eigenvalue weighted by Gasteiger charge is 2.25. The van der Waals surface area contributed by atoms with Crippen LogP contribution in [0.1, 0.15) is 23.9 Å². The summed E-state index contributed by atoms with van der Waals surface area (Å²) >= 11 is 0. The maximum Gasteiger partial charge on any atom is 0.108 e. The van der Waals surface area contributed by atoms with Gasteiger partial charge in [-0.1, -0.05) is 18.2 Å². The summed E-state index contributed by atoms with van der Waals surface area (Å²) in [5, 5.41) is 0. The summed E-state index contributed by atoms with van der Waals surface area (Å²) in [5.41, 5.74) is 5.21. The molecule has 0 bridgehead atoms. The molecule has 0 saturated carbocycles. The molecule has 2 aliphatic heterocycles. The van der Waals surface area contributed by atoms with E-state index in [9.17, 15) is 0 Å². The van der Waals surface area contributed by atoms with Gasteiger partial charge in [-0.3, -0.25) is 4.98 Å². The molecule has 0 unspecified atom stereocenters. The van der Waals surface area contributed by atoms with Crippen molar-refractivity contribution >= 4 is 0 Å². The summed E-state index contributed by atoms with van der Waals surface area (Å²) in [6.45, 7) is 6.07.